The lowest BCUT2D eigenvalue weighted by Gasteiger charge is -2.18. The maximum absolute atomic E-state index is 12.5. The molecular formula is C17H21N5O3. The molecule has 0 unspecified atom stereocenters. The molecule has 4 heterocycles. The Bertz CT molecular complexity index is 678. The fraction of sp³-hybridized carbons (Fsp3) is 0.529. The molecule has 132 valence electrons. The molecule has 0 spiro atoms. The van der Waals surface area contributed by atoms with Gasteiger partial charge in [0.2, 0.25) is 5.91 Å². The number of hydrogen-bond acceptors (Lipinski definition) is 6. The molecule has 25 heavy (non-hydrogen) atoms. The molecular weight excluding hydrogens is 322 g/mol. The average molecular weight is 343 g/mol. The van der Waals surface area contributed by atoms with Crippen LogP contribution in [0.25, 0.3) is 0 Å². The van der Waals surface area contributed by atoms with E-state index in [-0.39, 0.29) is 24.2 Å². The quantitative estimate of drug-likeness (QED) is 0.803. The van der Waals surface area contributed by atoms with E-state index in [1.807, 2.05) is 17.0 Å². The first kappa shape index (κ1) is 16.2. The summed E-state index contributed by atoms with van der Waals surface area (Å²) in [6.07, 6.45) is 7.76. The predicted octanol–water partition coefficient (Wildman–Crippen LogP) is 0.473. The highest BCUT2D eigenvalue weighted by atomic mass is 16.6. The third-order valence-electron chi connectivity index (χ3n) is 4.73. The topological polar surface area (TPSA) is 82.4 Å². The van der Waals surface area contributed by atoms with E-state index >= 15 is 0 Å². The van der Waals surface area contributed by atoms with Crippen molar-refractivity contribution in [1.29, 1.82) is 0 Å². The molecule has 8 nitrogen and oxygen atoms in total. The minimum Gasteiger partial charge on any atom is -0.371 e. The van der Waals surface area contributed by atoms with Crippen molar-refractivity contribution in [1.82, 2.24) is 24.6 Å². The maximum Gasteiger partial charge on any atom is 0.223 e. The van der Waals surface area contributed by atoms with Crippen LogP contribution in [0.15, 0.2) is 37.2 Å². The van der Waals surface area contributed by atoms with E-state index in [0.29, 0.717) is 39.1 Å². The molecule has 2 aromatic heterocycles. The van der Waals surface area contributed by atoms with Crippen LogP contribution in [-0.4, -0.2) is 69.1 Å². The van der Waals surface area contributed by atoms with Crippen molar-refractivity contribution in [2.75, 3.05) is 26.3 Å². The summed E-state index contributed by atoms with van der Waals surface area (Å²) in [5.74, 6) is 0.136. The van der Waals surface area contributed by atoms with Gasteiger partial charge in [0, 0.05) is 31.9 Å². The number of fused-ring (bicyclic) bond motifs is 1. The van der Waals surface area contributed by atoms with E-state index in [1.165, 1.54) is 6.33 Å². The number of pyridine rings is 1. The summed E-state index contributed by atoms with van der Waals surface area (Å²) in [5, 5.41) is 4.15. The summed E-state index contributed by atoms with van der Waals surface area (Å²) in [5.41, 5.74) is 1.08. The Morgan fingerprint density at radius 1 is 1.20 bits per heavy atom. The van der Waals surface area contributed by atoms with Gasteiger partial charge in [-0.25, -0.2) is 9.67 Å². The molecule has 1 amide bonds. The van der Waals surface area contributed by atoms with Crippen molar-refractivity contribution >= 4 is 5.91 Å². The molecule has 2 atom stereocenters. The van der Waals surface area contributed by atoms with Crippen LogP contribution in [0, 0.1) is 0 Å². The molecule has 0 saturated carbocycles. The van der Waals surface area contributed by atoms with Gasteiger partial charge in [0.25, 0.3) is 0 Å². The Labute approximate surface area is 145 Å². The molecule has 0 bridgehead atoms. The van der Waals surface area contributed by atoms with Gasteiger partial charge < -0.3 is 14.4 Å². The highest BCUT2D eigenvalue weighted by Crippen LogP contribution is 2.24. The predicted molar refractivity (Wildman–Crippen MR) is 87.7 cm³/mol. The van der Waals surface area contributed by atoms with Crippen molar-refractivity contribution in [2.45, 2.75) is 31.1 Å². The van der Waals surface area contributed by atoms with Crippen LogP contribution >= 0.6 is 0 Å². The van der Waals surface area contributed by atoms with Gasteiger partial charge in [-0.3, -0.25) is 9.78 Å². The Morgan fingerprint density at radius 3 is 2.64 bits per heavy atom. The summed E-state index contributed by atoms with van der Waals surface area (Å²) in [4.78, 5) is 22.4. The van der Waals surface area contributed by atoms with Crippen LogP contribution in [0.4, 0.5) is 0 Å². The highest BCUT2D eigenvalue weighted by Gasteiger charge is 2.39. The minimum absolute atomic E-state index is 0.0304. The first-order valence-corrected chi connectivity index (χ1v) is 8.53. The lowest BCUT2D eigenvalue weighted by atomic mass is 10.1. The van der Waals surface area contributed by atoms with Crippen molar-refractivity contribution in [2.24, 2.45) is 0 Å². The largest absolute Gasteiger partial charge is 0.371 e. The maximum atomic E-state index is 12.5. The summed E-state index contributed by atoms with van der Waals surface area (Å²) in [6.45, 7) is 2.20. The van der Waals surface area contributed by atoms with Gasteiger partial charge in [-0.2, -0.15) is 5.10 Å². The van der Waals surface area contributed by atoms with Crippen molar-refractivity contribution in [3.05, 3.63) is 42.7 Å². The van der Waals surface area contributed by atoms with Crippen LogP contribution in [0.2, 0.25) is 0 Å². The molecule has 2 saturated heterocycles. The molecule has 4 rings (SSSR count). The molecule has 2 aliphatic rings. The van der Waals surface area contributed by atoms with Crippen molar-refractivity contribution in [3.8, 4) is 0 Å². The Hall–Kier alpha value is -2.32. The Morgan fingerprint density at radius 2 is 2.00 bits per heavy atom. The number of aromatic nitrogens is 4. The summed E-state index contributed by atoms with van der Waals surface area (Å²) < 4.78 is 13.7. The van der Waals surface area contributed by atoms with E-state index < -0.39 is 0 Å². The molecule has 0 aromatic carbocycles. The number of amides is 1. The number of ether oxygens (including phenoxy) is 2. The highest BCUT2D eigenvalue weighted by molar-refractivity contribution is 5.76. The number of rotatable bonds is 4. The summed E-state index contributed by atoms with van der Waals surface area (Å²) in [6, 6.07) is 3.91. The molecule has 2 fully saturated rings. The van der Waals surface area contributed by atoms with E-state index in [0.717, 1.165) is 5.56 Å². The fourth-order valence-electron chi connectivity index (χ4n) is 3.30. The van der Waals surface area contributed by atoms with Crippen LogP contribution in [0.5, 0.6) is 0 Å². The zero-order valence-electron chi connectivity index (χ0n) is 13.9. The zero-order valence-corrected chi connectivity index (χ0v) is 13.9. The van der Waals surface area contributed by atoms with Crippen LogP contribution < -0.4 is 0 Å². The van der Waals surface area contributed by atoms with Crippen molar-refractivity contribution < 1.29 is 14.3 Å². The SMILES string of the molecule is O=C(CCc1cccnc1)N1C[C@@H]2OCC(n3cncn3)CO[C@H]2C1. The Balaban J connectivity index is 1.29. The Kier molecular flexibility index (Phi) is 4.71. The van der Waals surface area contributed by atoms with Gasteiger partial charge in [0.15, 0.2) is 0 Å². The molecule has 8 heteroatoms. The second-order valence-electron chi connectivity index (χ2n) is 6.43. The zero-order chi connectivity index (χ0) is 17.1. The third kappa shape index (κ3) is 3.69. The van der Waals surface area contributed by atoms with Crippen LogP contribution in [0.3, 0.4) is 0 Å². The molecule has 0 N–H and O–H groups in total. The first-order valence-electron chi connectivity index (χ1n) is 8.53. The third-order valence-corrected chi connectivity index (χ3v) is 4.73. The average Bonchev–Trinajstić information content (AvgIpc) is 3.28. The van der Waals surface area contributed by atoms with Gasteiger partial charge in [-0.05, 0) is 18.1 Å². The first-order chi connectivity index (χ1) is 12.3. The van der Waals surface area contributed by atoms with E-state index in [1.54, 1.807) is 23.4 Å². The monoisotopic (exact) mass is 343 g/mol. The number of nitrogens with zero attached hydrogens (tertiary/aromatic N) is 5. The fourth-order valence-corrected chi connectivity index (χ4v) is 3.30. The smallest absolute Gasteiger partial charge is 0.223 e. The van der Waals surface area contributed by atoms with Gasteiger partial charge in [0.1, 0.15) is 30.9 Å². The van der Waals surface area contributed by atoms with Crippen molar-refractivity contribution in [3.63, 3.8) is 0 Å². The minimum atomic E-state index is -0.0733. The van der Waals surface area contributed by atoms with Crippen LogP contribution in [-0.2, 0) is 20.7 Å². The van der Waals surface area contributed by atoms with Gasteiger partial charge in [-0.1, -0.05) is 6.07 Å². The normalized spacial score (nSPS) is 24.1. The second kappa shape index (κ2) is 7.28. The van der Waals surface area contributed by atoms with Gasteiger partial charge >= 0.3 is 0 Å². The van der Waals surface area contributed by atoms with E-state index in [9.17, 15) is 4.79 Å². The standard InChI is InChI=1S/C17H21N5O3/c23-17(4-3-13-2-1-5-18-6-13)21-7-15-16(8-21)25-10-14(9-24-15)22-12-19-11-20-22/h1-2,5-6,11-12,14-16H,3-4,7-10H2/t15-,16-/m0/s1. The number of carbonyl (C=O) groups is 1. The molecule has 2 aliphatic heterocycles. The lowest BCUT2D eigenvalue weighted by molar-refractivity contribution is -0.131. The van der Waals surface area contributed by atoms with Gasteiger partial charge in [0.05, 0.1) is 13.2 Å². The van der Waals surface area contributed by atoms with Crippen LogP contribution in [0.1, 0.15) is 18.0 Å². The molecule has 0 radical (unpaired) electrons. The second-order valence-corrected chi connectivity index (χ2v) is 6.43. The summed E-state index contributed by atoms with van der Waals surface area (Å²) >= 11 is 0. The van der Waals surface area contributed by atoms with E-state index in [2.05, 4.69) is 15.1 Å². The van der Waals surface area contributed by atoms with Gasteiger partial charge in [-0.15, -0.1) is 0 Å². The lowest BCUT2D eigenvalue weighted by Crippen LogP contribution is -2.31. The number of hydrogen-bond donors (Lipinski definition) is 0. The number of carbonyl (C=O) groups excluding carboxylic acids is 1. The molecule has 2 aromatic rings. The number of likely N-dealkylation sites (tertiary alicyclic amines) is 1. The summed E-state index contributed by atoms with van der Waals surface area (Å²) in [7, 11) is 0. The molecule has 0 aliphatic carbocycles. The number of aryl methyl sites for hydroxylation is 1. The van der Waals surface area contributed by atoms with E-state index in [4.69, 9.17) is 9.47 Å².